The van der Waals surface area contributed by atoms with Gasteiger partial charge in [-0.1, -0.05) is 60.7 Å². The van der Waals surface area contributed by atoms with Crippen LogP contribution in [-0.4, -0.2) is 64.8 Å². The van der Waals surface area contributed by atoms with Gasteiger partial charge in [-0.2, -0.15) is 0 Å². The number of nitrogens with zero attached hydrogens (tertiary/aromatic N) is 1. The molecule has 0 spiro atoms. The van der Waals surface area contributed by atoms with Crippen molar-refractivity contribution in [2.24, 2.45) is 5.92 Å². The van der Waals surface area contributed by atoms with Crippen LogP contribution in [0.25, 0.3) is 0 Å². The third kappa shape index (κ3) is 7.51. The van der Waals surface area contributed by atoms with E-state index >= 15 is 0 Å². The van der Waals surface area contributed by atoms with Gasteiger partial charge in [0.05, 0.1) is 12.0 Å². The second-order valence-electron chi connectivity index (χ2n) is 10.4. The van der Waals surface area contributed by atoms with Crippen LogP contribution in [0.5, 0.6) is 0 Å². The Labute approximate surface area is 223 Å². The fourth-order valence-electron chi connectivity index (χ4n) is 5.55. The second-order valence-corrected chi connectivity index (χ2v) is 10.4. The molecule has 0 aliphatic carbocycles. The van der Waals surface area contributed by atoms with Crippen LogP contribution in [0.3, 0.4) is 0 Å². The zero-order valence-electron chi connectivity index (χ0n) is 21.7. The zero-order chi connectivity index (χ0) is 26.9. The third-order valence-electron chi connectivity index (χ3n) is 7.49. The van der Waals surface area contributed by atoms with E-state index in [1.807, 2.05) is 60.7 Å². The van der Waals surface area contributed by atoms with Crippen LogP contribution in [0.1, 0.15) is 49.7 Å². The Balaban J connectivity index is 1.42. The Morgan fingerprint density at radius 3 is 2.16 bits per heavy atom. The second kappa shape index (κ2) is 13.3. The third-order valence-corrected chi connectivity index (χ3v) is 7.49. The molecular formula is C30H37N3O5. The number of nitrogens with one attached hydrogen (secondary N) is 2. The summed E-state index contributed by atoms with van der Waals surface area (Å²) < 4.78 is 0. The van der Waals surface area contributed by atoms with E-state index in [1.54, 1.807) is 4.90 Å². The number of Topliss-reactive ketones (excluding diaryl/α,β-unsaturated/α-hetero) is 1. The van der Waals surface area contributed by atoms with Gasteiger partial charge in [0.2, 0.25) is 11.8 Å². The molecule has 0 saturated carbocycles. The highest BCUT2D eigenvalue weighted by Gasteiger charge is 2.38. The Kier molecular flexibility index (Phi) is 9.65. The fraction of sp³-hybridized carbons (Fsp3) is 0.467. The summed E-state index contributed by atoms with van der Waals surface area (Å²) >= 11 is 0. The van der Waals surface area contributed by atoms with Crippen molar-refractivity contribution < 1.29 is 24.3 Å². The summed E-state index contributed by atoms with van der Waals surface area (Å²) in [7, 11) is 0. The van der Waals surface area contributed by atoms with Crippen LogP contribution in [0.4, 0.5) is 0 Å². The monoisotopic (exact) mass is 519 g/mol. The van der Waals surface area contributed by atoms with Crippen molar-refractivity contribution in [3.8, 4) is 0 Å². The molecule has 2 fully saturated rings. The number of carboxylic acid groups (broad SMARTS) is 1. The summed E-state index contributed by atoms with van der Waals surface area (Å²) in [6.45, 7) is 1.36. The fourth-order valence-corrected chi connectivity index (χ4v) is 5.55. The first kappa shape index (κ1) is 27.5. The van der Waals surface area contributed by atoms with Gasteiger partial charge in [0.15, 0.2) is 0 Å². The molecular weight excluding hydrogens is 482 g/mol. The lowest BCUT2D eigenvalue weighted by Gasteiger charge is -2.28. The van der Waals surface area contributed by atoms with Crippen molar-refractivity contribution in [1.82, 2.24) is 15.5 Å². The van der Waals surface area contributed by atoms with Gasteiger partial charge in [-0.05, 0) is 56.2 Å². The van der Waals surface area contributed by atoms with E-state index in [-0.39, 0.29) is 42.9 Å². The molecule has 202 valence electrons. The van der Waals surface area contributed by atoms with Crippen LogP contribution in [0, 0.1) is 5.92 Å². The molecule has 0 aromatic heterocycles. The van der Waals surface area contributed by atoms with Crippen LogP contribution in [0.15, 0.2) is 60.7 Å². The van der Waals surface area contributed by atoms with Crippen molar-refractivity contribution >= 4 is 23.6 Å². The zero-order valence-corrected chi connectivity index (χ0v) is 21.7. The number of carbonyl (C=O) groups excluding carboxylic acids is 3. The maximum atomic E-state index is 13.4. The SMILES string of the molecule is O=C(C[C@H](Cc1ccccc1)NC(=O)[C@@H]1CCCN1C(=O)[C@@H]1CCCN1)C[C@H](Cc1ccccc1)C(=O)O. The number of benzene rings is 2. The predicted molar refractivity (Wildman–Crippen MR) is 143 cm³/mol. The van der Waals surface area contributed by atoms with Gasteiger partial charge in [0, 0.05) is 25.4 Å². The number of hydrogen-bond acceptors (Lipinski definition) is 5. The van der Waals surface area contributed by atoms with E-state index in [1.165, 1.54) is 0 Å². The molecule has 2 heterocycles. The predicted octanol–water partition coefficient (Wildman–Crippen LogP) is 2.75. The van der Waals surface area contributed by atoms with Gasteiger partial charge in [0.1, 0.15) is 11.8 Å². The smallest absolute Gasteiger partial charge is 0.307 e. The van der Waals surface area contributed by atoms with E-state index in [0.717, 1.165) is 36.9 Å². The normalized spacial score (nSPS) is 20.6. The number of hydrogen-bond donors (Lipinski definition) is 3. The Morgan fingerprint density at radius 1 is 0.895 bits per heavy atom. The minimum atomic E-state index is -1.01. The van der Waals surface area contributed by atoms with Crippen molar-refractivity contribution in [3.63, 3.8) is 0 Å². The molecule has 8 nitrogen and oxygen atoms in total. The number of rotatable bonds is 12. The van der Waals surface area contributed by atoms with E-state index in [4.69, 9.17) is 0 Å². The minimum absolute atomic E-state index is 0.0268. The van der Waals surface area contributed by atoms with E-state index in [0.29, 0.717) is 19.4 Å². The molecule has 2 aliphatic rings. The number of likely N-dealkylation sites (tertiary alicyclic amines) is 1. The van der Waals surface area contributed by atoms with Crippen LogP contribution >= 0.6 is 0 Å². The van der Waals surface area contributed by atoms with Gasteiger partial charge in [-0.3, -0.25) is 19.2 Å². The van der Waals surface area contributed by atoms with Crippen molar-refractivity contribution in [2.75, 3.05) is 13.1 Å². The molecule has 0 unspecified atom stereocenters. The average molecular weight is 520 g/mol. The van der Waals surface area contributed by atoms with Gasteiger partial charge >= 0.3 is 5.97 Å². The van der Waals surface area contributed by atoms with Crippen LogP contribution in [0.2, 0.25) is 0 Å². The van der Waals surface area contributed by atoms with Crippen LogP contribution in [-0.2, 0) is 32.0 Å². The Morgan fingerprint density at radius 2 is 1.55 bits per heavy atom. The molecule has 3 N–H and O–H groups in total. The van der Waals surface area contributed by atoms with Crippen molar-refractivity contribution in [2.45, 2.75) is 69.5 Å². The quantitative estimate of drug-likeness (QED) is 0.397. The molecule has 2 aromatic carbocycles. The molecule has 0 radical (unpaired) electrons. The maximum absolute atomic E-state index is 13.4. The highest BCUT2D eigenvalue weighted by Crippen LogP contribution is 2.22. The Bertz CT molecular complexity index is 1100. The maximum Gasteiger partial charge on any atom is 0.307 e. The van der Waals surface area contributed by atoms with Crippen LogP contribution < -0.4 is 10.6 Å². The molecule has 0 bridgehead atoms. The first-order chi connectivity index (χ1) is 18.4. The van der Waals surface area contributed by atoms with E-state index in [9.17, 15) is 24.3 Å². The van der Waals surface area contributed by atoms with Gasteiger partial charge in [-0.15, -0.1) is 0 Å². The molecule has 4 atom stereocenters. The first-order valence-electron chi connectivity index (χ1n) is 13.6. The summed E-state index contributed by atoms with van der Waals surface area (Å²) in [5.74, 6) is -2.32. The number of aliphatic carboxylic acids is 1. The lowest BCUT2D eigenvalue weighted by atomic mass is 9.91. The molecule has 38 heavy (non-hydrogen) atoms. The van der Waals surface area contributed by atoms with Gasteiger partial charge in [0.25, 0.3) is 0 Å². The number of ketones is 1. The lowest BCUT2D eigenvalue weighted by Crippen LogP contribution is -2.53. The summed E-state index contributed by atoms with van der Waals surface area (Å²) in [6.07, 6.45) is 3.72. The molecule has 2 aliphatic heterocycles. The van der Waals surface area contributed by atoms with Gasteiger partial charge in [-0.25, -0.2) is 0 Å². The first-order valence-corrected chi connectivity index (χ1v) is 13.6. The summed E-state index contributed by atoms with van der Waals surface area (Å²) in [5.41, 5.74) is 1.84. The lowest BCUT2D eigenvalue weighted by molar-refractivity contribution is -0.144. The molecule has 2 amide bonds. The minimum Gasteiger partial charge on any atom is -0.481 e. The largest absolute Gasteiger partial charge is 0.481 e. The number of carboxylic acids is 1. The van der Waals surface area contributed by atoms with Crippen molar-refractivity contribution in [1.29, 1.82) is 0 Å². The topological polar surface area (TPSA) is 116 Å². The number of carbonyl (C=O) groups is 4. The number of amides is 2. The molecule has 2 aromatic rings. The summed E-state index contributed by atoms with van der Waals surface area (Å²) in [4.78, 5) is 53.1. The summed E-state index contributed by atoms with van der Waals surface area (Å²) in [6, 6.07) is 17.6. The Hall–Kier alpha value is -3.52. The molecule has 2 saturated heterocycles. The summed E-state index contributed by atoms with van der Waals surface area (Å²) in [5, 5.41) is 16.0. The standard InChI is InChI=1S/C30H37N3O5/c34-25(19-23(30(37)38)17-21-9-3-1-4-10-21)20-24(18-22-11-5-2-6-12-22)32-28(35)27-14-8-16-33(27)29(36)26-13-7-15-31-26/h1-6,9-12,23-24,26-27,31H,7-8,13-20H2,(H,32,35)(H,37,38)/t23-,24-,26-,27-/m0/s1. The van der Waals surface area contributed by atoms with Gasteiger partial charge < -0.3 is 20.6 Å². The van der Waals surface area contributed by atoms with Crippen molar-refractivity contribution in [3.05, 3.63) is 71.8 Å². The molecule has 8 heteroatoms. The van der Waals surface area contributed by atoms with E-state index < -0.39 is 24.0 Å². The highest BCUT2D eigenvalue weighted by atomic mass is 16.4. The highest BCUT2D eigenvalue weighted by molar-refractivity contribution is 5.91. The average Bonchev–Trinajstić information content (AvgIpc) is 3.62. The van der Waals surface area contributed by atoms with E-state index in [2.05, 4.69) is 10.6 Å². The molecule has 4 rings (SSSR count).